The Kier molecular flexibility index (Phi) is 8.08. The summed E-state index contributed by atoms with van der Waals surface area (Å²) in [6.45, 7) is 1.47. The number of carbonyl (C=O) groups is 1. The third-order valence-electron chi connectivity index (χ3n) is 5.29. The zero-order valence-electron chi connectivity index (χ0n) is 15.5. The molecule has 0 amide bonds. The molecule has 27 heavy (non-hydrogen) atoms. The first-order valence-corrected chi connectivity index (χ1v) is 10.3. The molecule has 2 rings (SSSR count). The number of aromatic nitrogens is 1. The lowest BCUT2D eigenvalue weighted by Gasteiger charge is -2.35. The van der Waals surface area contributed by atoms with Gasteiger partial charge in [-0.2, -0.15) is 0 Å². The van der Waals surface area contributed by atoms with Crippen molar-refractivity contribution in [1.29, 1.82) is 0 Å². The van der Waals surface area contributed by atoms with Crippen LogP contribution in [0.4, 0.5) is 14.6 Å². The van der Waals surface area contributed by atoms with E-state index in [1.54, 1.807) is 5.38 Å². The van der Waals surface area contributed by atoms with Gasteiger partial charge in [-0.3, -0.25) is 4.79 Å². The quantitative estimate of drug-likeness (QED) is 0.446. The number of nitrogens with zero attached hydrogens (tertiary/aromatic N) is 1. The summed E-state index contributed by atoms with van der Waals surface area (Å²) in [5.41, 5.74) is 5.86. The molecule has 6 nitrogen and oxygen atoms in total. The fraction of sp³-hybridized carbons (Fsp3) is 0.778. The number of nitrogens with one attached hydrogen (secondary N) is 1. The number of aliphatic hydroxyl groups excluding tert-OH is 2. The molecule has 0 aromatic carbocycles. The van der Waals surface area contributed by atoms with Gasteiger partial charge in [-0.25, -0.2) is 13.8 Å². The highest BCUT2D eigenvalue weighted by Gasteiger charge is 2.50. The number of alkyl halides is 2. The molecule has 1 saturated carbocycles. The Morgan fingerprint density at radius 1 is 1.37 bits per heavy atom. The monoisotopic (exact) mass is 405 g/mol. The van der Waals surface area contributed by atoms with Crippen LogP contribution in [0.2, 0.25) is 0 Å². The Hall–Kier alpha value is -1.16. The molecule has 1 aromatic heterocycles. The molecular weight excluding hydrogens is 376 g/mol. The van der Waals surface area contributed by atoms with Gasteiger partial charge in [-0.15, -0.1) is 11.3 Å². The van der Waals surface area contributed by atoms with Gasteiger partial charge in [0.1, 0.15) is 18.0 Å². The molecule has 5 N–H and O–H groups in total. The Bertz CT molecular complexity index is 596. The van der Waals surface area contributed by atoms with Crippen molar-refractivity contribution in [2.24, 2.45) is 17.6 Å². The first-order valence-electron chi connectivity index (χ1n) is 9.39. The first-order chi connectivity index (χ1) is 12.8. The summed E-state index contributed by atoms with van der Waals surface area (Å²) in [5.74, 6) is -3.94. The number of rotatable bonds is 10. The summed E-state index contributed by atoms with van der Waals surface area (Å²) in [6, 6.07) is -1.08. The molecule has 0 bridgehead atoms. The number of nitrogens with two attached hydrogens (primary N) is 1. The van der Waals surface area contributed by atoms with E-state index < -0.39 is 30.1 Å². The Balaban J connectivity index is 1.88. The molecular formula is C18H29F2N3O3S. The third-order valence-corrected chi connectivity index (χ3v) is 6.06. The standard InChI is InChI=1S/C18H29F2N3O3S/c1-11(8-22-14-10-27-15(9-24)23-14)16(25)18(19,20)17(26)13(21)7-12-5-3-2-4-6-12/h9-13,16-17,22,25-26H,2-8,21H2,1H3. The lowest BCUT2D eigenvalue weighted by atomic mass is 9.82. The minimum Gasteiger partial charge on any atom is -0.386 e. The number of thiazole rings is 1. The molecule has 1 aromatic rings. The van der Waals surface area contributed by atoms with Crippen molar-refractivity contribution >= 4 is 23.4 Å². The van der Waals surface area contributed by atoms with Gasteiger partial charge in [0, 0.05) is 23.9 Å². The van der Waals surface area contributed by atoms with Crippen molar-refractivity contribution in [2.45, 2.75) is 69.6 Å². The predicted octanol–water partition coefficient (Wildman–Crippen LogP) is 2.66. The molecule has 0 spiro atoms. The average Bonchev–Trinajstić information content (AvgIpc) is 3.13. The number of carbonyl (C=O) groups excluding carboxylic acids is 1. The van der Waals surface area contributed by atoms with E-state index in [0.29, 0.717) is 18.5 Å². The van der Waals surface area contributed by atoms with Crippen LogP contribution < -0.4 is 11.1 Å². The molecule has 9 heteroatoms. The zero-order chi connectivity index (χ0) is 20.0. The number of anilines is 1. The summed E-state index contributed by atoms with van der Waals surface area (Å²) in [4.78, 5) is 14.6. The van der Waals surface area contributed by atoms with E-state index in [2.05, 4.69) is 10.3 Å². The SMILES string of the molecule is CC(CNc1csc(C=O)n1)C(O)C(F)(F)C(O)C(N)CC1CCCCC1. The van der Waals surface area contributed by atoms with Crippen LogP contribution in [0.3, 0.4) is 0 Å². The maximum absolute atomic E-state index is 14.6. The number of halogens is 2. The van der Waals surface area contributed by atoms with Crippen molar-refractivity contribution < 1.29 is 23.8 Å². The molecule has 4 unspecified atom stereocenters. The second kappa shape index (κ2) is 9.86. The molecule has 4 atom stereocenters. The van der Waals surface area contributed by atoms with Gasteiger partial charge >= 0.3 is 0 Å². The summed E-state index contributed by atoms with van der Waals surface area (Å²) in [5, 5.41) is 24.9. The highest BCUT2D eigenvalue weighted by Crippen LogP contribution is 2.33. The average molecular weight is 406 g/mol. The van der Waals surface area contributed by atoms with Crippen LogP contribution in [0.5, 0.6) is 0 Å². The van der Waals surface area contributed by atoms with E-state index in [9.17, 15) is 23.8 Å². The topological polar surface area (TPSA) is 108 Å². The summed E-state index contributed by atoms with van der Waals surface area (Å²) >= 11 is 1.13. The van der Waals surface area contributed by atoms with E-state index in [1.807, 2.05) is 0 Å². The van der Waals surface area contributed by atoms with Crippen LogP contribution in [0.15, 0.2) is 5.38 Å². The van der Waals surface area contributed by atoms with E-state index in [-0.39, 0.29) is 17.5 Å². The molecule has 1 fully saturated rings. The highest BCUT2D eigenvalue weighted by atomic mass is 32.1. The second-order valence-corrected chi connectivity index (χ2v) is 8.40. The zero-order valence-corrected chi connectivity index (χ0v) is 16.3. The summed E-state index contributed by atoms with van der Waals surface area (Å²) in [7, 11) is 0. The largest absolute Gasteiger partial charge is 0.386 e. The van der Waals surface area contributed by atoms with Crippen molar-refractivity contribution in [3.63, 3.8) is 0 Å². The minimum atomic E-state index is -3.72. The minimum absolute atomic E-state index is 0.0172. The van der Waals surface area contributed by atoms with E-state index in [4.69, 9.17) is 5.73 Å². The van der Waals surface area contributed by atoms with Crippen LogP contribution in [0, 0.1) is 11.8 Å². The van der Waals surface area contributed by atoms with E-state index in [0.717, 1.165) is 43.4 Å². The fourth-order valence-electron chi connectivity index (χ4n) is 3.58. The fourth-order valence-corrected chi connectivity index (χ4v) is 4.15. The molecule has 0 radical (unpaired) electrons. The van der Waals surface area contributed by atoms with E-state index in [1.165, 1.54) is 6.92 Å². The van der Waals surface area contributed by atoms with Gasteiger partial charge < -0.3 is 21.3 Å². The third kappa shape index (κ3) is 5.91. The predicted molar refractivity (Wildman–Crippen MR) is 101 cm³/mol. The van der Waals surface area contributed by atoms with Crippen molar-refractivity contribution in [1.82, 2.24) is 4.98 Å². The molecule has 1 heterocycles. The van der Waals surface area contributed by atoms with Gasteiger partial charge in [-0.1, -0.05) is 39.0 Å². The highest BCUT2D eigenvalue weighted by molar-refractivity contribution is 7.11. The lowest BCUT2D eigenvalue weighted by Crippen LogP contribution is -2.56. The smallest absolute Gasteiger partial charge is 0.300 e. The molecule has 0 aliphatic heterocycles. The first kappa shape index (κ1) is 22.1. The second-order valence-electron chi connectivity index (χ2n) is 7.51. The Labute approximate surface area is 162 Å². The number of hydrogen-bond donors (Lipinski definition) is 4. The van der Waals surface area contributed by atoms with Crippen LogP contribution >= 0.6 is 11.3 Å². The Morgan fingerprint density at radius 2 is 2.04 bits per heavy atom. The van der Waals surface area contributed by atoms with Crippen molar-refractivity contribution in [2.75, 3.05) is 11.9 Å². The van der Waals surface area contributed by atoms with Gasteiger partial charge in [-0.05, 0) is 12.3 Å². The van der Waals surface area contributed by atoms with Crippen LogP contribution in [0.25, 0.3) is 0 Å². The van der Waals surface area contributed by atoms with Crippen molar-refractivity contribution in [3.05, 3.63) is 10.4 Å². The van der Waals surface area contributed by atoms with Crippen LogP contribution in [0.1, 0.15) is 55.3 Å². The van der Waals surface area contributed by atoms with Gasteiger partial charge in [0.15, 0.2) is 11.3 Å². The number of hydrogen-bond acceptors (Lipinski definition) is 7. The van der Waals surface area contributed by atoms with Gasteiger partial charge in [0.05, 0.1) is 0 Å². The normalized spacial score (nSPS) is 20.7. The molecule has 1 aliphatic carbocycles. The maximum Gasteiger partial charge on any atom is 0.300 e. The van der Waals surface area contributed by atoms with Gasteiger partial charge in [0.25, 0.3) is 5.92 Å². The molecule has 0 saturated heterocycles. The number of aliphatic hydroxyl groups is 2. The number of aldehydes is 1. The van der Waals surface area contributed by atoms with E-state index >= 15 is 0 Å². The maximum atomic E-state index is 14.6. The summed E-state index contributed by atoms with van der Waals surface area (Å²) in [6.07, 6.45) is 1.97. The van der Waals surface area contributed by atoms with Crippen LogP contribution in [-0.4, -0.2) is 52.2 Å². The lowest BCUT2D eigenvalue weighted by molar-refractivity contribution is -0.195. The Morgan fingerprint density at radius 3 is 2.63 bits per heavy atom. The van der Waals surface area contributed by atoms with Crippen LogP contribution in [-0.2, 0) is 0 Å². The molecule has 154 valence electrons. The van der Waals surface area contributed by atoms with Gasteiger partial charge in [0.2, 0.25) is 0 Å². The summed E-state index contributed by atoms with van der Waals surface area (Å²) < 4.78 is 29.2. The molecule has 1 aliphatic rings. The van der Waals surface area contributed by atoms with Crippen molar-refractivity contribution in [3.8, 4) is 0 Å².